The Bertz CT molecular complexity index is 472. The second-order valence-electron chi connectivity index (χ2n) is 5.46. The maximum Gasteiger partial charge on any atom is 0.261 e. The molecule has 116 valence electrons. The van der Waals surface area contributed by atoms with Crippen LogP contribution in [-0.4, -0.2) is 29.3 Å². The first kappa shape index (κ1) is 16.1. The number of ether oxygens (including phenoxy) is 1. The maximum absolute atomic E-state index is 12.3. The lowest BCUT2D eigenvalue weighted by molar-refractivity contribution is -0.129. The molecule has 1 aliphatic rings. The molecule has 0 aliphatic heterocycles. The van der Waals surface area contributed by atoms with Gasteiger partial charge in [-0.1, -0.05) is 30.7 Å². The summed E-state index contributed by atoms with van der Waals surface area (Å²) in [6.45, 7) is 1.91. The predicted octanol–water partition coefficient (Wildman–Crippen LogP) is 2.92. The first-order chi connectivity index (χ1) is 10.1. The summed E-state index contributed by atoms with van der Waals surface area (Å²) in [6, 6.07) is 7.28. The number of aliphatic hydroxyl groups is 1. The predicted molar refractivity (Wildman–Crippen MR) is 82.6 cm³/mol. The van der Waals surface area contributed by atoms with E-state index in [1.807, 2.05) is 19.1 Å². The van der Waals surface area contributed by atoms with Crippen molar-refractivity contribution < 1.29 is 14.6 Å². The van der Waals surface area contributed by atoms with Crippen molar-refractivity contribution in [3.8, 4) is 5.75 Å². The van der Waals surface area contributed by atoms with E-state index in [2.05, 4.69) is 5.32 Å². The van der Waals surface area contributed by atoms with Gasteiger partial charge in [0.05, 0.1) is 11.1 Å². The zero-order valence-corrected chi connectivity index (χ0v) is 13.0. The Morgan fingerprint density at radius 2 is 2.05 bits per heavy atom. The zero-order valence-electron chi connectivity index (χ0n) is 12.2. The second-order valence-corrected chi connectivity index (χ2v) is 5.87. The Morgan fingerprint density at radius 3 is 2.67 bits per heavy atom. The fourth-order valence-electron chi connectivity index (χ4n) is 2.53. The van der Waals surface area contributed by atoms with Gasteiger partial charge >= 0.3 is 0 Å². The number of carbonyl (C=O) groups excluding carboxylic acids is 1. The van der Waals surface area contributed by atoms with Crippen LogP contribution >= 0.6 is 11.6 Å². The van der Waals surface area contributed by atoms with Crippen LogP contribution in [0.25, 0.3) is 0 Å². The molecular weight excluding hydrogens is 290 g/mol. The molecular formula is C16H22ClNO3. The summed E-state index contributed by atoms with van der Waals surface area (Å²) in [6.07, 6.45) is 2.92. The van der Waals surface area contributed by atoms with E-state index in [0.29, 0.717) is 17.2 Å². The molecule has 4 nitrogen and oxygen atoms in total. The molecule has 2 rings (SSSR count). The topological polar surface area (TPSA) is 58.6 Å². The molecule has 0 aromatic heterocycles. The summed E-state index contributed by atoms with van der Waals surface area (Å²) in [4.78, 5) is 12.3. The minimum atomic E-state index is -0.545. The Morgan fingerprint density at radius 1 is 1.38 bits per heavy atom. The molecule has 1 fully saturated rings. The number of nitrogens with one attached hydrogen (secondary N) is 1. The monoisotopic (exact) mass is 311 g/mol. The Hall–Kier alpha value is -1.26. The molecule has 1 aromatic carbocycles. The van der Waals surface area contributed by atoms with Crippen LogP contribution in [0, 0.1) is 0 Å². The first-order valence-corrected chi connectivity index (χ1v) is 7.87. The lowest BCUT2D eigenvalue weighted by Crippen LogP contribution is -2.45. The van der Waals surface area contributed by atoms with Gasteiger partial charge in [-0.15, -0.1) is 0 Å². The fourth-order valence-corrected chi connectivity index (χ4v) is 2.71. The van der Waals surface area contributed by atoms with Gasteiger partial charge in [-0.25, -0.2) is 0 Å². The number of rotatable bonds is 5. The molecule has 1 amide bonds. The van der Waals surface area contributed by atoms with E-state index < -0.39 is 6.10 Å². The highest BCUT2D eigenvalue weighted by atomic mass is 35.5. The third-order valence-corrected chi connectivity index (χ3v) is 4.12. The maximum atomic E-state index is 12.3. The molecule has 21 heavy (non-hydrogen) atoms. The Balaban J connectivity index is 1.91. The summed E-state index contributed by atoms with van der Waals surface area (Å²) in [7, 11) is 0. The van der Waals surface area contributed by atoms with Crippen LogP contribution in [0.2, 0.25) is 5.02 Å². The number of hydrogen-bond donors (Lipinski definition) is 2. The van der Waals surface area contributed by atoms with Crippen molar-refractivity contribution in [3.05, 3.63) is 29.3 Å². The van der Waals surface area contributed by atoms with Gasteiger partial charge in [0, 0.05) is 6.04 Å². The molecule has 0 spiro atoms. The molecule has 0 heterocycles. The van der Waals surface area contributed by atoms with Gasteiger partial charge in [0.15, 0.2) is 6.10 Å². The van der Waals surface area contributed by atoms with Crippen LogP contribution < -0.4 is 10.1 Å². The standard InChI is InChI=1S/C16H22ClNO3/c1-2-14(21-15-6-4-3-5-13(15)17)16(20)18-11-7-9-12(19)10-8-11/h3-6,11-12,14,19H,2,7-10H2,1H3,(H,18,20). The van der Waals surface area contributed by atoms with Gasteiger partial charge in [0.1, 0.15) is 5.75 Å². The third kappa shape index (κ3) is 4.61. The van der Waals surface area contributed by atoms with Gasteiger partial charge in [-0.2, -0.15) is 0 Å². The number of amides is 1. The highest BCUT2D eigenvalue weighted by Crippen LogP contribution is 2.25. The number of aliphatic hydroxyl groups excluding tert-OH is 1. The van der Waals surface area contributed by atoms with Crippen LogP contribution in [0.1, 0.15) is 39.0 Å². The Kier molecular flexibility index (Phi) is 5.88. The number of benzene rings is 1. The summed E-state index contributed by atoms with van der Waals surface area (Å²) in [5.41, 5.74) is 0. The van der Waals surface area contributed by atoms with Crippen LogP contribution in [0.3, 0.4) is 0 Å². The van der Waals surface area contributed by atoms with E-state index >= 15 is 0 Å². The molecule has 0 bridgehead atoms. The lowest BCUT2D eigenvalue weighted by atomic mass is 9.93. The van der Waals surface area contributed by atoms with E-state index in [9.17, 15) is 9.90 Å². The molecule has 1 unspecified atom stereocenters. The zero-order chi connectivity index (χ0) is 15.2. The van der Waals surface area contributed by atoms with Crippen molar-refractivity contribution >= 4 is 17.5 Å². The number of para-hydroxylation sites is 1. The van der Waals surface area contributed by atoms with Crippen LogP contribution in [0.4, 0.5) is 0 Å². The average Bonchev–Trinajstić information content (AvgIpc) is 2.48. The summed E-state index contributed by atoms with van der Waals surface area (Å²) < 4.78 is 5.73. The number of hydrogen-bond acceptors (Lipinski definition) is 3. The quantitative estimate of drug-likeness (QED) is 0.879. The largest absolute Gasteiger partial charge is 0.479 e. The van der Waals surface area contributed by atoms with Gasteiger partial charge in [-0.05, 0) is 44.2 Å². The SMILES string of the molecule is CCC(Oc1ccccc1Cl)C(=O)NC1CCC(O)CC1. The number of halogens is 1. The van der Waals surface area contributed by atoms with E-state index in [0.717, 1.165) is 25.7 Å². The lowest BCUT2D eigenvalue weighted by Gasteiger charge is -2.28. The van der Waals surface area contributed by atoms with Gasteiger partial charge in [0.25, 0.3) is 5.91 Å². The van der Waals surface area contributed by atoms with E-state index in [1.165, 1.54) is 0 Å². The summed E-state index contributed by atoms with van der Waals surface area (Å²) in [5.74, 6) is 0.416. The van der Waals surface area contributed by atoms with E-state index in [4.69, 9.17) is 16.3 Å². The highest BCUT2D eigenvalue weighted by molar-refractivity contribution is 6.32. The van der Waals surface area contributed by atoms with Crippen molar-refractivity contribution in [2.45, 2.75) is 57.3 Å². The smallest absolute Gasteiger partial charge is 0.261 e. The molecule has 0 saturated heterocycles. The summed E-state index contributed by atoms with van der Waals surface area (Å²) >= 11 is 6.05. The van der Waals surface area contributed by atoms with Crippen LogP contribution in [-0.2, 0) is 4.79 Å². The van der Waals surface area contributed by atoms with Gasteiger partial charge in [0.2, 0.25) is 0 Å². The van der Waals surface area contributed by atoms with Crippen molar-refractivity contribution in [1.29, 1.82) is 0 Å². The van der Waals surface area contributed by atoms with Crippen molar-refractivity contribution in [1.82, 2.24) is 5.32 Å². The second kappa shape index (κ2) is 7.66. The third-order valence-electron chi connectivity index (χ3n) is 3.81. The van der Waals surface area contributed by atoms with Crippen LogP contribution in [0.15, 0.2) is 24.3 Å². The molecule has 0 radical (unpaired) electrons. The minimum Gasteiger partial charge on any atom is -0.479 e. The molecule has 5 heteroatoms. The Labute approximate surface area is 130 Å². The first-order valence-electron chi connectivity index (χ1n) is 7.49. The van der Waals surface area contributed by atoms with Crippen molar-refractivity contribution in [2.24, 2.45) is 0 Å². The fraction of sp³-hybridized carbons (Fsp3) is 0.562. The van der Waals surface area contributed by atoms with Gasteiger partial charge < -0.3 is 15.2 Å². The molecule has 1 saturated carbocycles. The van der Waals surface area contributed by atoms with Crippen molar-refractivity contribution in [3.63, 3.8) is 0 Å². The van der Waals surface area contributed by atoms with Gasteiger partial charge in [-0.3, -0.25) is 4.79 Å². The molecule has 1 aliphatic carbocycles. The minimum absolute atomic E-state index is 0.112. The number of carbonyl (C=O) groups is 1. The van der Waals surface area contributed by atoms with Crippen molar-refractivity contribution in [2.75, 3.05) is 0 Å². The summed E-state index contributed by atoms with van der Waals surface area (Å²) in [5, 5.41) is 13.0. The molecule has 1 atom stereocenters. The highest BCUT2D eigenvalue weighted by Gasteiger charge is 2.25. The molecule has 2 N–H and O–H groups in total. The average molecular weight is 312 g/mol. The normalized spacial score (nSPS) is 23.4. The molecule has 1 aromatic rings. The van der Waals surface area contributed by atoms with E-state index in [1.54, 1.807) is 12.1 Å². The van der Waals surface area contributed by atoms with Crippen LogP contribution in [0.5, 0.6) is 5.75 Å². The van der Waals surface area contributed by atoms with E-state index in [-0.39, 0.29) is 18.1 Å².